The number of carboxylic acid groups (broad SMARTS) is 1. The minimum atomic E-state index is -0.939. The van der Waals surface area contributed by atoms with Crippen molar-refractivity contribution in [2.24, 2.45) is 0 Å². The predicted molar refractivity (Wildman–Crippen MR) is 91.7 cm³/mol. The van der Waals surface area contributed by atoms with Crippen LogP contribution in [0.25, 0.3) is 32.9 Å². The third-order valence-electron chi connectivity index (χ3n) is 4.17. The lowest BCUT2D eigenvalue weighted by Gasteiger charge is -2.07. The van der Waals surface area contributed by atoms with Gasteiger partial charge in [0.25, 0.3) is 0 Å². The van der Waals surface area contributed by atoms with Crippen molar-refractivity contribution in [2.75, 3.05) is 5.73 Å². The number of nitrogens with one attached hydrogen (secondary N) is 2. The molecule has 5 heteroatoms. The summed E-state index contributed by atoms with van der Waals surface area (Å²) < 4.78 is 0. The van der Waals surface area contributed by atoms with Crippen molar-refractivity contribution < 1.29 is 9.90 Å². The number of aromatic nitrogens is 2. The summed E-state index contributed by atoms with van der Waals surface area (Å²) in [5.74, 6) is -0.939. The largest absolute Gasteiger partial charge is 0.478 e. The van der Waals surface area contributed by atoms with Crippen LogP contribution in [0, 0.1) is 6.92 Å². The quantitative estimate of drug-likeness (QED) is 0.423. The van der Waals surface area contributed by atoms with E-state index in [1.54, 1.807) is 12.1 Å². The van der Waals surface area contributed by atoms with Crippen molar-refractivity contribution in [2.45, 2.75) is 6.92 Å². The van der Waals surface area contributed by atoms with Crippen LogP contribution >= 0.6 is 0 Å². The predicted octanol–water partition coefficient (Wildman–Crippen LogP) is 3.91. The van der Waals surface area contributed by atoms with Gasteiger partial charge >= 0.3 is 5.97 Å². The Bertz CT molecular complexity index is 1070. The first-order valence-corrected chi connectivity index (χ1v) is 7.27. The van der Waals surface area contributed by atoms with Gasteiger partial charge in [-0.05, 0) is 37.3 Å². The zero-order valence-corrected chi connectivity index (χ0v) is 12.5. The Balaban J connectivity index is 2.03. The monoisotopic (exact) mass is 305 g/mol. The summed E-state index contributed by atoms with van der Waals surface area (Å²) in [6.45, 7) is 2.01. The number of aromatic carboxylic acids is 1. The van der Waals surface area contributed by atoms with Gasteiger partial charge in [-0.25, -0.2) is 4.79 Å². The van der Waals surface area contributed by atoms with E-state index in [0.29, 0.717) is 5.69 Å². The number of rotatable bonds is 2. The maximum atomic E-state index is 11.1. The highest BCUT2D eigenvalue weighted by atomic mass is 16.4. The number of fused-ring (bicyclic) bond motifs is 2. The van der Waals surface area contributed by atoms with Gasteiger partial charge in [0.1, 0.15) is 0 Å². The molecule has 5 N–H and O–H groups in total. The fourth-order valence-electron chi connectivity index (χ4n) is 3.13. The summed E-state index contributed by atoms with van der Waals surface area (Å²) in [5, 5.41) is 11.1. The van der Waals surface area contributed by atoms with Gasteiger partial charge in [-0.2, -0.15) is 0 Å². The van der Waals surface area contributed by atoms with Crippen LogP contribution in [-0.2, 0) is 0 Å². The highest BCUT2D eigenvalue weighted by Crippen LogP contribution is 2.38. The molecule has 2 heterocycles. The second kappa shape index (κ2) is 4.64. The molecule has 114 valence electrons. The summed E-state index contributed by atoms with van der Waals surface area (Å²) in [7, 11) is 0. The Morgan fingerprint density at radius 1 is 1.09 bits per heavy atom. The van der Waals surface area contributed by atoms with Crippen molar-refractivity contribution in [3.8, 4) is 11.1 Å². The number of carboxylic acids is 1. The van der Waals surface area contributed by atoms with Gasteiger partial charge in [0.05, 0.1) is 5.56 Å². The molecule has 4 rings (SSSR count). The molecule has 0 amide bonds. The number of anilines is 1. The Morgan fingerprint density at radius 2 is 1.91 bits per heavy atom. The standard InChI is InChI=1S/C18H15N3O2/c1-9-6-12-15(21-9)5-4-14(19)17(12)13-8-20-16-7-10(18(22)23)2-3-11(13)16/h2-8,20-21H,19H2,1H3,(H,22,23). The summed E-state index contributed by atoms with van der Waals surface area (Å²) >= 11 is 0. The van der Waals surface area contributed by atoms with Crippen LogP contribution < -0.4 is 5.73 Å². The lowest BCUT2D eigenvalue weighted by atomic mass is 9.98. The van der Waals surface area contributed by atoms with Crippen LogP contribution in [0.5, 0.6) is 0 Å². The fourth-order valence-corrected chi connectivity index (χ4v) is 3.13. The summed E-state index contributed by atoms with van der Waals surface area (Å²) in [4.78, 5) is 17.6. The van der Waals surface area contributed by atoms with Crippen LogP contribution in [-0.4, -0.2) is 21.0 Å². The van der Waals surface area contributed by atoms with E-state index in [9.17, 15) is 4.79 Å². The van der Waals surface area contributed by atoms with Gasteiger partial charge in [0.2, 0.25) is 0 Å². The molecular weight excluding hydrogens is 290 g/mol. The smallest absolute Gasteiger partial charge is 0.335 e. The van der Waals surface area contributed by atoms with Gasteiger partial charge in [0, 0.05) is 50.5 Å². The Labute approximate surface area is 131 Å². The van der Waals surface area contributed by atoms with Crippen molar-refractivity contribution >= 4 is 33.5 Å². The molecule has 0 saturated heterocycles. The molecule has 0 fully saturated rings. The van der Waals surface area contributed by atoms with Crippen molar-refractivity contribution in [3.63, 3.8) is 0 Å². The van der Waals surface area contributed by atoms with Crippen LogP contribution in [0.15, 0.2) is 42.6 Å². The summed E-state index contributed by atoms with van der Waals surface area (Å²) in [5.41, 5.74) is 12.0. The topological polar surface area (TPSA) is 94.9 Å². The average molecular weight is 305 g/mol. The van der Waals surface area contributed by atoms with Crippen molar-refractivity contribution in [1.82, 2.24) is 9.97 Å². The average Bonchev–Trinajstić information content (AvgIpc) is 3.09. The van der Waals surface area contributed by atoms with Crippen LogP contribution in [0.2, 0.25) is 0 Å². The zero-order valence-electron chi connectivity index (χ0n) is 12.5. The normalized spacial score (nSPS) is 11.3. The van der Waals surface area contributed by atoms with E-state index in [-0.39, 0.29) is 5.56 Å². The molecule has 2 aromatic heterocycles. The number of hydrogen-bond acceptors (Lipinski definition) is 2. The maximum Gasteiger partial charge on any atom is 0.335 e. The molecule has 0 aliphatic heterocycles. The molecule has 0 radical (unpaired) electrons. The van der Waals surface area contributed by atoms with Crippen molar-refractivity contribution in [3.05, 3.63) is 53.9 Å². The van der Waals surface area contributed by atoms with E-state index in [0.717, 1.165) is 38.6 Å². The van der Waals surface area contributed by atoms with Crippen LogP contribution in [0.1, 0.15) is 16.1 Å². The number of H-pyrrole nitrogens is 2. The number of aromatic amines is 2. The lowest BCUT2D eigenvalue weighted by Crippen LogP contribution is -1.95. The SMILES string of the molecule is Cc1cc2c(-c3c[nH]c4cc(C(=O)O)ccc34)c(N)ccc2[nH]1. The van der Waals surface area contributed by atoms with E-state index in [1.165, 1.54) is 0 Å². The number of benzene rings is 2. The molecule has 0 spiro atoms. The van der Waals surface area contributed by atoms with Gasteiger partial charge in [0.15, 0.2) is 0 Å². The Morgan fingerprint density at radius 3 is 2.70 bits per heavy atom. The molecule has 5 nitrogen and oxygen atoms in total. The molecule has 23 heavy (non-hydrogen) atoms. The minimum absolute atomic E-state index is 0.259. The van der Waals surface area contributed by atoms with E-state index in [2.05, 4.69) is 16.0 Å². The molecule has 2 aromatic carbocycles. The first-order chi connectivity index (χ1) is 11.0. The molecule has 0 aliphatic rings. The van der Waals surface area contributed by atoms with E-state index >= 15 is 0 Å². The summed E-state index contributed by atoms with van der Waals surface area (Å²) in [6, 6.07) is 11.0. The van der Waals surface area contributed by atoms with E-state index in [4.69, 9.17) is 10.8 Å². The van der Waals surface area contributed by atoms with E-state index in [1.807, 2.05) is 31.3 Å². The third-order valence-corrected chi connectivity index (χ3v) is 4.17. The zero-order chi connectivity index (χ0) is 16.1. The molecule has 0 unspecified atom stereocenters. The van der Waals surface area contributed by atoms with Crippen LogP contribution in [0.4, 0.5) is 5.69 Å². The van der Waals surface area contributed by atoms with Gasteiger partial charge in [-0.15, -0.1) is 0 Å². The summed E-state index contributed by atoms with van der Waals surface area (Å²) in [6.07, 6.45) is 1.88. The van der Waals surface area contributed by atoms with Gasteiger partial charge in [-0.3, -0.25) is 0 Å². The minimum Gasteiger partial charge on any atom is -0.478 e. The molecule has 0 atom stereocenters. The molecular formula is C18H15N3O2. The second-order valence-corrected chi connectivity index (χ2v) is 5.71. The third kappa shape index (κ3) is 1.97. The molecule has 4 aromatic rings. The highest BCUT2D eigenvalue weighted by molar-refractivity contribution is 6.09. The van der Waals surface area contributed by atoms with E-state index < -0.39 is 5.97 Å². The molecule has 0 aliphatic carbocycles. The van der Waals surface area contributed by atoms with Gasteiger partial charge in [-0.1, -0.05) is 6.07 Å². The molecule has 0 saturated carbocycles. The first kappa shape index (κ1) is 13.5. The second-order valence-electron chi connectivity index (χ2n) is 5.71. The lowest BCUT2D eigenvalue weighted by molar-refractivity contribution is 0.0697. The number of aryl methyl sites for hydroxylation is 1. The van der Waals surface area contributed by atoms with Crippen molar-refractivity contribution in [1.29, 1.82) is 0 Å². The molecule has 0 bridgehead atoms. The Kier molecular flexibility index (Phi) is 2.72. The van der Waals surface area contributed by atoms with Gasteiger partial charge < -0.3 is 20.8 Å². The fraction of sp³-hybridized carbons (Fsp3) is 0.0556. The maximum absolute atomic E-state index is 11.1. The first-order valence-electron chi connectivity index (χ1n) is 7.27. The number of nitrogens with two attached hydrogens (primary N) is 1. The van der Waals surface area contributed by atoms with Crippen LogP contribution in [0.3, 0.4) is 0 Å². The number of carbonyl (C=O) groups is 1. The highest BCUT2D eigenvalue weighted by Gasteiger charge is 2.15. The number of hydrogen-bond donors (Lipinski definition) is 4. The Hall–Kier alpha value is -3.21. The number of nitrogen functional groups attached to an aromatic ring is 1.